The third kappa shape index (κ3) is 5.51. The molecule has 3 aromatic heterocycles. The molecule has 0 amide bonds. The van der Waals surface area contributed by atoms with Crippen molar-refractivity contribution in [2.75, 3.05) is 4.72 Å². The molecule has 0 aliphatic heterocycles. The maximum Gasteiger partial charge on any atom is 0.238 e. The Balaban J connectivity index is 1.47. The van der Waals surface area contributed by atoms with Crippen LogP contribution in [0.5, 0.6) is 0 Å². The van der Waals surface area contributed by atoms with Crippen LogP contribution in [0.4, 0.5) is 19.0 Å². The molecule has 0 saturated heterocycles. The Labute approximate surface area is 208 Å². The van der Waals surface area contributed by atoms with Gasteiger partial charge in [-0.15, -0.1) is 0 Å². The molecule has 0 unspecified atom stereocenters. The number of sulfonamides is 1. The summed E-state index contributed by atoms with van der Waals surface area (Å²) in [6.07, 6.45) is 2.17. The van der Waals surface area contributed by atoms with Crippen LogP contribution in [0.25, 0.3) is 22.9 Å². The van der Waals surface area contributed by atoms with Crippen molar-refractivity contribution < 1.29 is 26.1 Å². The maximum atomic E-state index is 14.5. The van der Waals surface area contributed by atoms with E-state index in [2.05, 4.69) is 24.9 Å². The number of hydrogen-bond donors (Lipinski definition) is 1. The Morgan fingerprint density at radius 2 is 1.73 bits per heavy atom. The van der Waals surface area contributed by atoms with Crippen LogP contribution < -0.4 is 4.72 Å². The van der Waals surface area contributed by atoms with E-state index in [1.807, 2.05) is 0 Å². The minimum atomic E-state index is -4.10. The van der Waals surface area contributed by atoms with Gasteiger partial charge in [-0.2, -0.15) is 5.10 Å². The van der Waals surface area contributed by atoms with Crippen LogP contribution in [0.2, 0.25) is 0 Å². The molecule has 0 aliphatic rings. The number of aromatic nitrogens is 5. The molecule has 0 spiro atoms. The summed E-state index contributed by atoms with van der Waals surface area (Å²) in [6, 6.07) is 14.2. The van der Waals surface area contributed by atoms with E-state index >= 15 is 0 Å². The predicted octanol–water partition coefficient (Wildman–Crippen LogP) is 4.40. The van der Waals surface area contributed by atoms with E-state index in [0.717, 1.165) is 18.3 Å². The first-order chi connectivity index (χ1) is 17.8. The molecule has 5 rings (SSSR count). The van der Waals surface area contributed by atoms with Crippen molar-refractivity contribution in [2.45, 2.75) is 12.3 Å². The first kappa shape index (κ1) is 24.2. The van der Waals surface area contributed by atoms with Gasteiger partial charge in [0, 0.05) is 11.6 Å². The van der Waals surface area contributed by atoms with Crippen LogP contribution in [0.15, 0.2) is 77.6 Å². The molecule has 13 heteroatoms. The first-order valence-electron chi connectivity index (χ1n) is 10.8. The van der Waals surface area contributed by atoms with Gasteiger partial charge < -0.3 is 4.52 Å². The van der Waals surface area contributed by atoms with E-state index in [9.17, 15) is 21.6 Å². The molecule has 0 bridgehead atoms. The maximum absolute atomic E-state index is 14.5. The standard InChI is InChI=1S/C24H17F3N6O3S/c25-17-7-5-15(6-8-17)14-37(34,35)32-23-19(27)12-28-24(29-23)21-11-22(20-9-10-36-31-20)33(30-21)13-16-3-1-2-4-18(16)26/h1-12H,13-14H2,(H,28,29,32). The van der Waals surface area contributed by atoms with E-state index in [4.69, 9.17) is 4.52 Å². The molecule has 1 N–H and O–H groups in total. The van der Waals surface area contributed by atoms with Gasteiger partial charge in [-0.1, -0.05) is 35.5 Å². The summed E-state index contributed by atoms with van der Waals surface area (Å²) in [6.45, 7) is 0.0349. The second-order valence-electron chi connectivity index (χ2n) is 7.93. The first-order valence-corrected chi connectivity index (χ1v) is 12.4. The van der Waals surface area contributed by atoms with Gasteiger partial charge in [-0.05, 0) is 29.8 Å². The van der Waals surface area contributed by atoms with E-state index in [1.54, 1.807) is 30.3 Å². The van der Waals surface area contributed by atoms with Gasteiger partial charge in [-0.25, -0.2) is 31.6 Å². The molecule has 188 valence electrons. The van der Waals surface area contributed by atoms with Crippen molar-refractivity contribution in [1.29, 1.82) is 0 Å². The Morgan fingerprint density at radius 3 is 2.46 bits per heavy atom. The molecular weight excluding hydrogens is 509 g/mol. The van der Waals surface area contributed by atoms with Gasteiger partial charge in [-0.3, -0.25) is 9.40 Å². The van der Waals surface area contributed by atoms with E-state index < -0.39 is 39.0 Å². The molecule has 2 aromatic carbocycles. The van der Waals surface area contributed by atoms with Gasteiger partial charge in [0.25, 0.3) is 0 Å². The third-order valence-electron chi connectivity index (χ3n) is 5.25. The van der Waals surface area contributed by atoms with Crippen molar-refractivity contribution in [2.24, 2.45) is 0 Å². The van der Waals surface area contributed by atoms with Crippen LogP contribution in [-0.2, 0) is 22.3 Å². The lowest BCUT2D eigenvalue weighted by atomic mass is 10.2. The summed E-state index contributed by atoms with van der Waals surface area (Å²) in [5.74, 6) is -3.15. The Morgan fingerprint density at radius 1 is 0.946 bits per heavy atom. The minimum Gasteiger partial charge on any atom is -0.364 e. The van der Waals surface area contributed by atoms with Gasteiger partial charge in [0.05, 0.1) is 24.2 Å². The Kier molecular flexibility index (Phi) is 6.44. The highest BCUT2D eigenvalue weighted by Crippen LogP contribution is 2.26. The fourth-order valence-electron chi connectivity index (χ4n) is 3.53. The number of hydrogen-bond acceptors (Lipinski definition) is 7. The molecule has 0 radical (unpaired) electrons. The quantitative estimate of drug-likeness (QED) is 0.319. The van der Waals surface area contributed by atoms with Crippen molar-refractivity contribution in [3.63, 3.8) is 0 Å². The summed E-state index contributed by atoms with van der Waals surface area (Å²) in [7, 11) is -4.10. The number of nitrogens with one attached hydrogen (secondary N) is 1. The number of halogens is 3. The number of rotatable bonds is 8. The Hall–Kier alpha value is -4.52. The summed E-state index contributed by atoms with van der Waals surface area (Å²) < 4.78 is 75.5. The molecule has 0 fully saturated rings. The highest BCUT2D eigenvalue weighted by Gasteiger charge is 2.20. The zero-order chi connectivity index (χ0) is 26.0. The fourth-order valence-corrected chi connectivity index (χ4v) is 4.67. The van der Waals surface area contributed by atoms with E-state index in [-0.39, 0.29) is 18.1 Å². The van der Waals surface area contributed by atoms with Gasteiger partial charge in [0.15, 0.2) is 17.5 Å². The monoisotopic (exact) mass is 526 g/mol. The van der Waals surface area contributed by atoms with Gasteiger partial charge >= 0.3 is 0 Å². The van der Waals surface area contributed by atoms with E-state index in [1.165, 1.54) is 29.1 Å². The van der Waals surface area contributed by atoms with Crippen molar-refractivity contribution in [1.82, 2.24) is 24.9 Å². The van der Waals surface area contributed by atoms with Crippen molar-refractivity contribution >= 4 is 15.8 Å². The van der Waals surface area contributed by atoms with Crippen LogP contribution in [0, 0.1) is 17.5 Å². The molecular formula is C24H17F3N6O3S. The Bertz CT molecular complexity index is 1660. The van der Waals surface area contributed by atoms with Gasteiger partial charge in [0.2, 0.25) is 10.0 Å². The minimum absolute atomic E-state index is 0.0349. The molecule has 9 nitrogen and oxygen atoms in total. The molecule has 5 aromatic rings. The summed E-state index contributed by atoms with van der Waals surface area (Å²) >= 11 is 0. The van der Waals surface area contributed by atoms with Crippen molar-refractivity contribution in [3.05, 3.63) is 102 Å². The third-order valence-corrected chi connectivity index (χ3v) is 6.47. The van der Waals surface area contributed by atoms with Crippen LogP contribution >= 0.6 is 0 Å². The van der Waals surface area contributed by atoms with Crippen LogP contribution in [0.3, 0.4) is 0 Å². The second kappa shape index (κ2) is 9.85. The largest absolute Gasteiger partial charge is 0.364 e. The van der Waals surface area contributed by atoms with Gasteiger partial charge in [0.1, 0.15) is 29.3 Å². The highest BCUT2D eigenvalue weighted by molar-refractivity contribution is 7.91. The van der Waals surface area contributed by atoms with Crippen molar-refractivity contribution in [3.8, 4) is 22.9 Å². The lowest BCUT2D eigenvalue weighted by Crippen LogP contribution is -2.17. The summed E-state index contributed by atoms with van der Waals surface area (Å²) in [5.41, 5.74) is 1.66. The zero-order valence-corrected chi connectivity index (χ0v) is 19.7. The predicted molar refractivity (Wildman–Crippen MR) is 127 cm³/mol. The second-order valence-corrected chi connectivity index (χ2v) is 9.65. The highest BCUT2D eigenvalue weighted by atomic mass is 32.2. The van der Waals surface area contributed by atoms with E-state index in [0.29, 0.717) is 22.5 Å². The number of benzene rings is 2. The summed E-state index contributed by atoms with van der Waals surface area (Å²) in [5, 5.41) is 8.32. The van der Waals surface area contributed by atoms with Crippen LogP contribution in [-0.4, -0.2) is 33.3 Å². The fraction of sp³-hybridized carbons (Fsp3) is 0.0833. The molecule has 0 saturated carbocycles. The number of anilines is 1. The normalized spacial score (nSPS) is 11.5. The lowest BCUT2D eigenvalue weighted by Gasteiger charge is -2.09. The topological polar surface area (TPSA) is 116 Å². The molecule has 0 aliphatic carbocycles. The average Bonchev–Trinajstić information content (AvgIpc) is 3.53. The lowest BCUT2D eigenvalue weighted by molar-refractivity contribution is 0.421. The average molecular weight is 527 g/mol. The summed E-state index contributed by atoms with van der Waals surface area (Å²) in [4.78, 5) is 7.95. The smallest absolute Gasteiger partial charge is 0.238 e. The SMILES string of the molecule is O=S(=O)(Cc1ccc(F)cc1)Nc1nc(-c2cc(-c3ccon3)n(Cc3ccccc3F)n2)ncc1F. The molecule has 37 heavy (non-hydrogen) atoms. The molecule has 0 atom stereocenters. The van der Waals surface area contributed by atoms with Crippen LogP contribution in [0.1, 0.15) is 11.1 Å². The zero-order valence-electron chi connectivity index (χ0n) is 18.8. The molecule has 3 heterocycles. The number of nitrogens with zero attached hydrogens (tertiary/aromatic N) is 5.